The third kappa shape index (κ3) is 3.38. The van der Waals surface area contributed by atoms with E-state index in [0.29, 0.717) is 5.92 Å². The molecule has 1 fully saturated rings. The molecular formula is C13H16F3NO. The van der Waals surface area contributed by atoms with Gasteiger partial charge in [-0.2, -0.15) is 0 Å². The van der Waals surface area contributed by atoms with Crippen molar-refractivity contribution in [1.29, 1.82) is 0 Å². The highest BCUT2D eigenvalue weighted by Crippen LogP contribution is 2.34. The maximum Gasteiger partial charge on any atom is 0.573 e. The van der Waals surface area contributed by atoms with Crippen molar-refractivity contribution < 1.29 is 17.9 Å². The number of hydrogen-bond donors (Lipinski definition) is 1. The van der Waals surface area contributed by atoms with Crippen LogP contribution in [0.1, 0.15) is 37.3 Å². The fourth-order valence-corrected chi connectivity index (χ4v) is 2.48. The highest BCUT2D eigenvalue weighted by molar-refractivity contribution is 5.29. The van der Waals surface area contributed by atoms with Crippen LogP contribution in [-0.2, 0) is 0 Å². The fraction of sp³-hybridized carbons (Fsp3) is 0.538. The molecule has 0 unspecified atom stereocenters. The van der Waals surface area contributed by atoms with Crippen LogP contribution in [0.2, 0.25) is 0 Å². The Kier molecular flexibility index (Phi) is 3.80. The molecule has 0 bridgehead atoms. The summed E-state index contributed by atoms with van der Waals surface area (Å²) in [6, 6.07) is 5.77. The number of halogens is 3. The molecular weight excluding hydrogens is 243 g/mol. The predicted molar refractivity (Wildman–Crippen MR) is 62.0 cm³/mol. The summed E-state index contributed by atoms with van der Waals surface area (Å²) in [6.07, 6.45) is -0.0692. The van der Waals surface area contributed by atoms with E-state index in [4.69, 9.17) is 5.73 Å². The Morgan fingerprint density at radius 1 is 1.11 bits per heavy atom. The number of nitrogens with two attached hydrogens (primary N) is 1. The van der Waals surface area contributed by atoms with Gasteiger partial charge in [0, 0.05) is 6.04 Å². The van der Waals surface area contributed by atoms with Gasteiger partial charge in [-0.25, -0.2) is 0 Å². The second-order valence-corrected chi connectivity index (χ2v) is 4.69. The maximum absolute atomic E-state index is 12.0. The second kappa shape index (κ2) is 5.18. The van der Waals surface area contributed by atoms with Gasteiger partial charge in [0.2, 0.25) is 0 Å². The van der Waals surface area contributed by atoms with Crippen LogP contribution in [0.25, 0.3) is 0 Å². The fourth-order valence-electron chi connectivity index (χ4n) is 2.48. The minimum Gasteiger partial charge on any atom is -0.406 e. The average Bonchev–Trinajstić information content (AvgIpc) is 2.80. The molecule has 0 heterocycles. The first-order valence-corrected chi connectivity index (χ1v) is 6.07. The van der Waals surface area contributed by atoms with E-state index in [-0.39, 0.29) is 11.8 Å². The number of benzene rings is 1. The molecule has 0 radical (unpaired) electrons. The molecule has 18 heavy (non-hydrogen) atoms. The van der Waals surface area contributed by atoms with Crippen molar-refractivity contribution in [1.82, 2.24) is 0 Å². The molecule has 2 rings (SSSR count). The van der Waals surface area contributed by atoms with Crippen LogP contribution >= 0.6 is 0 Å². The van der Waals surface area contributed by atoms with Gasteiger partial charge in [-0.15, -0.1) is 13.2 Å². The van der Waals surface area contributed by atoms with E-state index in [2.05, 4.69) is 4.74 Å². The van der Waals surface area contributed by atoms with Crippen LogP contribution in [-0.4, -0.2) is 6.36 Å². The minimum absolute atomic E-state index is 0.0903. The van der Waals surface area contributed by atoms with Crippen molar-refractivity contribution in [3.8, 4) is 5.75 Å². The minimum atomic E-state index is -4.64. The van der Waals surface area contributed by atoms with Crippen LogP contribution in [0.4, 0.5) is 13.2 Å². The second-order valence-electron chi connectivity index (χ2n) is 4.69. The largest absolute Gasteiger partial charge is 0.573 e. The summed E-state index contributed by atoms with van der Waals surface area (Å²) in [7, 11) is 0. The van der Waals surface area contributed by atoms with Crippen LogP contribution in [0, 0.1) is 5.92 Å². The SMILES string of the molecule is N[C@@H](c1ccc(OC(F)(F)F)cc1)C1CCCC1. The van der Waals surface area contributed by atoms with Crippen molar-refractivity contribution in [2.45, 2.75) is 38.1 Å². The Morgan fingerprint density at radius 2 is 1.67 bits per heavy atom. The lowest BCUT2D eigenvalue weighted by Crippen LogP contribution is -2.19. The zero-order chi connectivity index (χ0) is 13.2. The van der Waals surface area contributed by atoms with Gasteiger partial charge < -0.3 is 10.5 Å². The summed E-state index contributed by atoms with van der Waals surface area (Å²) in [5.74, 6) is 0.240. The van der Waals surface area contributed by atoms with Gasteiger partial charge in [0.15, 0.2) is 0 Å². The summed E-state index contributed by atoms with van der Waals surface area (Å²) in [5, 5.41) is 0. The molecule has 0 amide bonds. The van der Waals surface area contributed by atoms with Crippen molar-refractivity contribution in [3.63, 3.8) is 0 Å². The van der Waals surface area contributed by atoms with Gasteiger partial charge >= 0.3 is 6.36 Å². The molecule has 1 aliphatic carbocycles. The smallest absolute Gasteiger partial charge is 0.406 e. The Hall–Kier alpha value is -1.23. The molecule has 2 N–H and O–H groups in total. The van der Waals surface area contributed by atoms with Gasteiger partial charge in [0.05, 0.1) is 0 Å². The molecule has 0 aromatic heterocycles. The van der Waals surface area contributed by atoms with E-state index >= 15 is 0 Å². The molecule has 0 saturated heterocycles. The number of rotatable bonds is 3. The summed E-state index contributed by atoms with van der Waals surface area (Å²) in [5.41, 5.74) is 6.99. The first kappa shape index (κ1) is 13.2. The lowest BCUT2D eigenvalue weighted by molar-refractivity contribution is -0.274. The monoisotopic (exact) mass is 259 g/mol. The molecule has 0 aliphatic heterocycles. The standard InChI is InChI=1S/C13H16F3NO/c14-13(15,16)18-11-7-5-10(6-8-11)12(17)9-3-1-2-4-9/h5-9,12H,1-4,17H2/t12-/m1/s1. The van der Waals surface area contributed by atoms with Crippen LogP contribution in [0.5, 0.6) is 5.75 Å². The summed E-state index contributed by atoms with van der Waals surface area (Å²) in [4.78, 5) is 0. The van der Waals surface area contributed by atoms with Gasteiger partial charge in [0.25, 0.3) is 0 Å². The predicted octanol–water partition coefficient (Wildman–Crippen LogP) is 3.78. The van der Waals surface area contributed by atoms with Gasteiger partial charge in [0.1, 0.15) is 5.75 Å². The quantitative estimate of drug-likeness (QED) is 0.896. The molecule has 1 saturated carbocycles. The molecule has 2 nitrogen and oxygen atoms in total. The van der Waals surface area contributed by atoms with E-state index in [9.17, 15) is 13.2 Å². The van der Waals surface area contributed by atoms with Gasteiger partial charge in [-0.05, 0) is 36.5 Å². The van der Waals surface area contributed by atoms with Crippen LogP contribution in [0.15, 0.2) is 24.3 Å². The molecule has 1 atom stereocenters. The van der Waals surface area contributed by atoms with E-state index in [1.165, 1.54) is 25.0 Å². The third-order valence-corrected chi connectivity index (χ3v) is 3.41. The van der Waals surface area contributed by atoms with Crippen LogP contribution in [0.3, 0.4) is 0 Å². The molecule has 5 heteroatoms. The van der Waals surface area contributed by atoms with E-state index < -0.39 is 6.36 Å². The maximum atomic E-state index is 12.0. The number of hydrogen-bond acceptors (Lipinski definition) is 2. The molecule has 1 aromatic carbocycles. The summed E-state index contributed by atoms with van der Waals surface area (Å²) < 4.78 is 39.8. The van der Waals surface area contributed by atoms with Crippen molar-refractivity contribution in [3.05, 3.63) is 29.8 Å². The lowest BCUT2D eigenvalue weighted by atomic mass is 9.92. The first-order valence-electron chi connectivity index (χ1n) is 6.07. The highest BCUT2D eigenvalue weighted by Gasteiger charge is 2.31. The Balaban J connectivity index is 2.02. The Labute approximate surface area is 104 Å². The summed E-state index contributed by atoms with van der Waals surface area (Å²) in [6.45, 7) is 0. The molecule has 0 spiro atoms. The van der Waals surface area contributed by atoms with E-state index in [1.54, 1.807) is 12.1 Å². The third-order valence-electron chi connectivity index (χ3n) is 3.41. The molecule has 1 aromatic rings. The highest BCUT2D eigenvalue weighted by atomic mass is 19.4. The normalized spacial score (nSPS) is 18.9. The van der Waals surface area contributed by atoms with Crippen molar-refractivity contribution in [2.24, 2.45) is 11.7 Å². The Bertz CT molecular complexity index is 382. The molecule has 100 valence electrons. The number of ether oxygens (including phenoxy) is 1. The zero-order valence-corrected chi connectivity index (χ0v) is 9.91. The van der Waals surface area contributed by atoms with E-state index in [1.807, 2.05) is 0 Å². The first-order chi connectivity index (χ1) is 8.46. The van der Waals surface area contributed by atoms with Crippen molar-refractivity contribution in [2.75, 3.05) is 0 Å². The van der Waals surface area contributed by atoms with Crippen LogP contribution < -0.4 is 10.5 Å². The Morgan fingerprint density at radius 3 is 2.17 bits per heavy atom. The summed E-state index contributed by atoms with van der Waals surface area (Å²) >= 11 is 0. The molecule has 1 aliphatic rings. The van der Waals surface area contributed by atoms with Gasteiger partial charge in [-0.3, -0.25) is 0 Å². The van der Waals surface area contributed by atoms with E-state index in [0.717, 1.165) is 18.4 Å². The number of alkyl halides is 3. The van der Waals surface area contributed by atoms with Crippen molar-refractivity contribution >= 4 is 0 Å². The average molecular weight is 259 g/mol. The zero-order valence-electron chi connectivity index (χ0n) is 9.91. The lowest BCUT2D eigenvalue weighted by Gasteiger charge is -2.19. The van der Waals surface area contributed by atoms with Gasteiger partial charge in [-0.1, -0.05) is 25.0 Å². The topological polar surface area (TPSA) is 35.2 Å².